The standard InChI is InChI=1S/C33H31BO3/c1-31(2)26-16-9-7-12-20(26)24-18-25(28(19-27(24)31)34-36-32(3,4)33(5,6)37-34)23-15-11-14-22-21-13-8-10-17-29(21)35-30(22)23/h7-19H,1-6H3. The van der Waals surface area contributed by atoms with Crippen LogP contribution in [0.25, 0.3) is 44.2 Å². The largest absolute Gasteiger partial charge is 0.495 e. The number of rotatable bonds is 2. The molecule has 5 aromatic rings. The second kappa shape index (κ2) is 7.37. The molecule has 0 spiro atoms. The number of hydrogen-bond acceptors (Lipinski definition) is 3. The van der Waals surface area contributed by atoms with Crippen LogP contribution in [0.5, 0.6) is 0 Å². The first-order chi connectivity index (χ1) is 17.6. The number of fused-ring (bicyclic) bond motifs is 6. The molecule has 37 heavy (non-hydrogen) atoms. The maximum atomic E-state index is 6.64. The Morgan fingerprint density at radius 3 is 2.00 bits per heavy atom. The summed E-state index contributed by atoms with van der Waals surface area (Å²) in [6, 6.07) is 28.1. The zero-order chi connectivity index (χ0) is 25.7. The molecule has 1 fully saturated rings. The van der Waals surface area contributed by atoms with E-state index in [-0.39, 0.29) is 5.41 Å². The van der Waals surface area contributed by atoms with Gasteiger partial charge in [-0.2, -0.15) is 0 Å². The van der Waals surface area contributed by atoms with Gasteiger partial charge >= 0.3 is 7.12 Å². The van der Waals surface area contributed by atoms with Crippen molar-refractivity contribution >= 4 is 34.5 Å². The predicted molar refractivity (Wildman–Crippen MR) is 152 cm³/mol. The monoisotopic (exact) mass is 486 g/mol. The van der Waals surface area contributed by atoms with Crippen molar-refractivity contribution in [3.8, 4) is 22.3 Å². The number of hydrogen-bond donors (Lipinski definition) is 0. The van der Waals surface area contributed by atoms with Crippen LogP contribution in [-0.4, -0.2) is 18.3 Å². The summed E-state index contributed by atoms with van der Waals surface area (Å²) in [6.45, 7) is 13.1. The van der Waals surface area contributed by atoms with E-state index >= 15 is 0 Å². The molecule has 1 aliphatic heterocycles. The Hall–Kier alpha value is -3.34. The molecule has 0 N–H and O–H groups in total. The SMILES string of the molecule is CC1(C)c2ccccc2-c2cc(-c3cccc4c3oc3ccccc34)c(B3OC(C)(C)C(C)(C)O3)cc21. The molecule has 0 atom stereocenters. The van der Waals surface area contributed by atoms with Crippen molar-refractivity contribution in [2.45, 2.75) is 58.2 Å². The summed E-state index contributed by atoms with van der Waals surface area (Å²) in [6.07, 6.45) is 0. The summed E-state index contributed by atoms with van der Waals surface area (Å²) in [5.74, 6) is 0. The van der Waals surface area contributed by atoms with Gasteiger partial charge in [-0.05, 0) is 73.1 Å². The molecule has 4 heteroatoms. The maximum Gasteiger partial charge on any atom is 0.495 e. The minimum absolute atomic E-state index is 0.117. The van der Waals surface area contributed by atoms with Gasteiger partial charge in [0.2, 0.25) is 0 Å². The van der Waals surface area contributed by atoms with Crippen molar-refractivity contribution in [3.05, 3.63) is 90.0 Å². The van der Waals surface area contributed by atoms with Crippen molar-refractivity contribution in [2.24, 2.45) is 0 Å². The first kappa shape index (κ1) is 22.8. The lowest BCUT2D eigenvalue weighted by Crippen LogP contribution is -2.41. The molecule has 184 valence electrons. The third-order valence-electron chi connectivity index (χ3n) is 8.96. The van der Waals surface area contributed by atoms with E-state index in [2.05, 4.69) is 108 Å². The average Bonchev–Trinajstić information content (AvgIpc) is 3.43. The van der Waals surface area contributed by atoms with Crippen LogP contribution < -0.4 is 5.46 Å². The van der Waals surface area contributed by atoms with E-state index in [1.54, 1.807) is 0 Å². The summed E-state index contributed by atoms with van der Waals surface area (Å²) in [7, 11) is -0.482. The lowest BCUT2D eigenvalue weighted by Gasteiger charge is -2.32. The molecule has 0 amide bonds. The molecule has 0 radical (unpaired) electrons. The van der Waals surface area contributed by atoms with Crippen LogP contribution in [-0.2, 0) is 14.7 Å². The van der Waals surface area contributed by atoms with Crippen molar-refractivity contribution < 1.29 is 13.7 Å². The molecular weight excluding hydrogens is 455 g/mol. The quantitative estimate of drug-likeness (QED) is 0.238. The van der Waals surface area contributed by atoms with Gasteiger partial charge in [0.1, 0.15) is 11.2 Å². The molecule has 1 aromatic heterocycles. The smallest absolute Gasteiger partial charge is 0.455 e. The van der Waals surface area contributed by atoms with E-state index in [0.717, 1.165) is 38.5 Å². The van der Waals surface area contributed by atoms with E-state index in [1.807, 2.05) is 12.1 Å². The highest BCUT2D eigenvalue weighted by Gasteiger charge is 2.53. The Bertz CT molecular complexity index is 1710. The molecule has 1 saturated heterocycles. The van der Waals surface area contributed by atoms with Crippen LogP contribution in [0.3, 0.4) is 0 Å². The second-order valence-corrected chi connectivity index (χ2v) is 12.0. The molecule has 7 rings (SSSR count). The topological polar surface area (TPSA) is 31.6 Å². The molecule has 0 unspecified atom stereocenters. The first-order valence-electron chi connectivity index (χ1n) is 13.1. The molecule has 3 nitrogen and oxygen atoms in total. The molecule has 4 aromatic carbocycles. The van der Waals surface area contributed by atoms with Crippen LogP contribution in [0.15, 0.2) is 83.3 Å². The predicted octanol–water partition coefficient (Wildman–Crippen LogP) is 7.86. The summed E-state index contributed by atoms with van der Waals surface area (Å²) < 4.78 is 19.8. The van der Waals surface area contributed by atoms with Crippen LogP contribution in [0.1, 0.15) is 52.7 Å². The first-order valence-corrected chi connectivity index (χ1v) is 13.1. The molecule has 1 aliphatic carbocycles. The number of furan rings is 1. The molecule has 2 heterocycles. The van der Waals surface area contributed by atoms with E-state index < -0.39 is 18.3 Å². The van der Waals surface area contributed by atoms with E-state index in [1.165, 1.54) is 22.3 Å². The minimum Gasteiger partial charge on any atom is -0.455 e. The average molecular weight is 486 g/mol. The lowest BCUT2D eigenvalue weighted by molar-refractivity contribution is 0.00578. The van der Waals surface area contributed by atoms with Gasteiger partial charge in [-0.15, -0.1) is 0 Å². The Kier molecular flexibility index (Phi) is 4.55. The molecular formula is C33H31BO3. The van der Waals surface area contributed by atoms with E-state index in [0.29, 0.717) is 0 Å². The van der Waals surface area contributed by atoms with Crippen LogP contribution in [0, 0.1) is 0 Å². The van der Waals surface area contributed by atoms with Crippen molar-refractivity contribution in [1.29, 1.82) is 0 Å². The second-order valence-electron chi connectivity index (χ2n) is 12.0. The van der Waals surface area contributed by atoms with Gasteiger partial charge in [0.15, 0.2) is 0 Å². The van der Waals surface area contributed by atoms with Gasteiger partial charge < -0.3 is 13.7 Å². The summed E-state index contributed by atoms with van der Waals surface area (Å²) in [4.78, 5) is 0. The summed E-state index contributed by atoms with van der Waals surface area (Å²) >= 11 is 0. The van der Waals surface area contributed by atoms with E-state index in [4.69, 9.17) is 13.7 Å². The Morgan fingerprint density at radius 2 is 1.22 bits per heavy atom. The molecule has 2 aliphatic rings. The molecule has 0 saturated carbocycles. The Labute approximate surface area is 218 Å². The normalized spacial score (nSPS) is 18.9. The lowest BCUT2D eigenvalue weighted by atomic mass is 9.71. The van der Waals surface area contributed by atoms with Gasteiger partial charge in [-0.1, -0.05) is 80.6 Å². The van der Waals surface area contributed by atoms with Gasteiger partial charge in [0, 0.05) is 21.8 Å². The molecule has 0 bridgehead atoms. The fraction of sp³-hybridized carbons (Fsp3) is 0.273. The fourth-order valence-corrected chi connectivity index (χ4v) is 6.12. The van der Waals surface area contributed by atoms with Gasteiger partial charge in [-0.3, -0.25) is 0 Å². The zero-order valence-corrected chi connectivity index (χ0v) is 22.3. The fourth-order valence-electron chi connectivity index (χ4n) is 6.12. The van der Waals surface area contributed by atoms with Crippen LogP contribution >= 0.6 is 0 Å². The highest BCUT2D eigenvalue weighted by atomic mass is 16.7. The number of benzene rings is 4. The highest BCUT2D eigenvalue weighted by Crippen LogP contribution is 2.50. The van der Waals surface area contributed by atoms with Gasteiger partial charge in [-0.25, -0.2) is 0 Å². The van der Waals surface area contributed by atoms with Crippen molar-refractivity contribution in [3.63, 3.8) is 0 Å². The Morgan fingerprint density at radius 1 is 0.568 bits per heavy atom. The van der Waals surface area contributed by atoms with Crippen LogP contribution in [0.4, 0.5) is 0 Å². The Balaban J connectivity index is 1.54. The van der Waals surface area contributed by atoms with Gasteiger partial charge in [0.25, 0.3) is 0 Å². The third-order valence-corrected chi connectivity index (χ3v) is 8.96. The van der Waals surface area contributed by atoms with Crippen molar-refractivity contribution in [2.75, 3.05) is 0 Å². The van der Waals surface area contributed by atoms with E-state index in [9.17, 15) is 0 Å². The van der Waals surface area contributed by atoms with Crippen LogP contribution in [0.2, 0.25) is 0 Å². The summed E-state index contributed by atoms with van der Waals surface area (Å²) in [5, 5.41) is 2.25. The third kappa shape index (κ3) is 3.09. The van der Waals surface area contributed by atoms with Gasteiger partial charge in [0.05, 0.1) is 11.2 Å². The summed E-state index contributed by atoms with van der Waals surface area (Å²) in [5.41, 5.74) is 9.22. The maximum absolute atomic E-state index is 6.64. The minimum atomic E-state index is -0.482. The van der Waals surface area contributed by atoms with Crippen molar-refractivity contribution in [1.82, 2.24) is 0 Å². The zero-order valence-electron chi connectivity index (χ0n) is 22.3. The number of para-hydroxylation sites is 2. The highest BCUT2D eigenvalue weighted by molar-refractivity contribution is 6.64.